The second-order valence-electron chi connectivity index (χ2n) is 9.12. The number of likely N-dealkylation sites (tertiary alicyclic amines) is 1. The summed E-state index contributed by atoms with van der Waals surface area (Å²) in [7, 11) is 0. The minimum absolute atomic E-state index is 0.0467. The maximum atomic E-state index is 13.4. The van der Waals surface area contributed by atoms with E-state index >= 15 is 0 Å². The Kier molecular flexibility index (Phi) is 5.72. The minimum atomic E-state index is -0.394. The van der Waals surface area contributed by atoms with E-state index in [0.29, 0.717) is 11.5 Å². The largest absolute Gasteiger partial charge is 0.360 e. The van der Waals surface area contributed by atoms with Crippen molar-refractivity contribution in [3.05, 3.63) is 53.2 Å². The molecule has 29 heavy (non-hydrogen) atoms. The van der Waals surface area contributed by atoms with Crippen LogP contribution in [0.5, 0.6) is 0 Å². The number of rotatable bonds is 6. The molecule has 4 rings (SSSR count). The van der Waals surface area contributed by atoms with Gasteiger partial charge in [0.15, 0.2) is 5.76 Å². The van der Waals surface area contributed by atoms with Crippen LogP contribution in [-0.4, -0.2) is 35.1 Å². The van der Waals surface area contributed by atoms with Gasteiger partial charge < -0.3 is 9.84 Å². The molecule has 2 fully saturated rings. The number of hydrogen-bond acceptors (Lipinski definition) is 4. The van der Waals surface area contributed by atoms with Crippen molar-refractivity contribution in [1.29, 1.82) is 0 Å². The lowest BCUT2D eigenvalue weighted by Gasteiger charge is -2.52. The lowest BCUT2D eigenvalue weighted by molar-refractivity contribution is 0.0138. The first-order valence-electron chi connectivity index (χ1n) is 10.6. The van der Waals surface area contributed by atoms with Gasteiger partial charge >= 0.3 is 0 Å². The Morgan fingerprint density at radius 2 is 2.07 bits per heavy atom. The smallest absolute Gasteiger partial charge is 0.251 e. The molecule has 1 N–H and O–H groups in total. The van der Waals surface area contributed by atoms with E-state index in [1.807, 2.05) is 0 Å². The lowest BCUT2D eigenvalue weighted by atomic mass is 9.57. The monoisotopic (exact) mass is 399 g/mol. The standard InChI is InChI=1S/C23H30FN3O2/c1-23(2)17(13-21(23)25-22(28)16-7-6-8-18(24)11-16)12-19-14-20(29-26-19)15-27-9-4-3-5-10-27/h6-8,11,14,17,21H,3-5,9-10,12-13,15H2,1-2H3,(H,25,28)/t17-,21+/m1/s1. The van der Waals surface area contributed by atoms with Gasteiger partial charge in [-0.1, -0.05) is 31.5 Å². The average Bonchev–Trinajstić information content (AvgIpc) is 3.15. The number of carbonyl (C=O) groups is 1. The van der Waals surface area contributed by atoms with Crippen molar-refractivity contribution in [2.45, 2.75) is 58.5 Å². The number of piperidine rings is 1. The van der Waals surface area contributed by atoms with Crippen LogP contribution in [0.3, 0.4) is 0 Å². The van der Waals surface area contributed by atoms with Gasteiger partial charge in [0.2, 0.25) is 0 Å². The van der Waals surface area contributed by atoms with E-state index in [0.717, 1.165) is 43.9 Å². The summed E-state index contributed by atoms with van der Waals surface area (Å²) in [4.78, 5) is 14.9. The molecule has 1 aliphatic heterocycles. The molecule has 156 valence electrons. The average molecular weight is 400 g/mol. The summed E-state index contributed by atoms with van der Waals surface area (Å²) < 4.78 is 18.9. The number of nitrogens with zero attached hydrogens (tertiary/aromatic N) is 2. The Hall–Kier alpha value is -2.21. The van der Waals surface area contributed by atoms with Gasteiger partial charge in [-0.3, -0.25) is 9.69 Å². The van der Waals surface area contributed by atoms with E-state index in [1.54, 1.807) is 12.1 Å². The van der Waals surface area contributed by atoms with Crippen LogP contribution in [-0.2, 0) is 13.0 Å². The second-order valence-corrected chi connectivity index (χ2v) is 9.12. The van der Waals surface area contributed by atoms with Crippen LogP contribution in [0, 0.1) is 17.2 Å². The van der Waals surface area contributed by atoms with E-state index in [-0.39, 0.29) is 17.4 Å². The van der Waals surface area contributed by atoms with Gasteiger partial charge in [0, 0.05) is 17.7 Å². The molecule has 2 aromatic rings. The first-order valence-corrected chi connectivity index (χ1v) is 10.6. The van der Waals surface area contributed by atoms with Crippen molar-refractivity contribution in [2.75, 3.05) is 13.1 Å². The fourth-order valence-electron chi connectivity index (χ4n) is 4.60. The fraction of sp³-hybridized carbons (Fsp3) is 0.565. The normalized spacial score (nSPS) is 24.1. The Morgan fingerprint density at radius 1 is 1.28 bits per heavy atom. The lowest BCUT2D eigenvalue weighted by Crippen LogP contribution is -2.58. The molecule has 1 amide bonds. The van der Waals surface area contributed by atoms with E-state index in [2.05, 4.69) is 35.3 Å². The molecule has 1 saturated heterocycles. The summed E-state index contributed by atoms with van der Waals surface area (Å²) in [5.41, 5.74) is 1.31. The summed E-state index contributed by atoms with van der Waals surface area (Å²) in [5, 5.41) is 7.35. The molecule has 0 spiro atoms. The van der Waals surface area contributed by atoms with Crippen LogP contribution in [0.2, 0.25) is 0 Å². The molecule has 0 radical (unpaired) electrons. The van der Waals surface area contributed by atoms with Crippen molar-refractivity contribution in [3.63, 3.8) is 0 Å². The molecule has 1 aliphatic carbocycles. The summed E-state index contributed by atoms with van der Waals surface area (Å²) in [6, 6.07) is 7.98. The molecule has 5 nitrogen and oxygen atoms in total. The quantitative estimate of drug-likeness (QED) is 0.791. The molecular formula is C23H30FN3O2. The first-order chi connectivity index (χ1) is 13.9. The topological polar surface area (TPSA) is 58.4 Å². The van der Waals surface area contributed by atoms with Crippen LogP contribution in [0.4, 0.5) is 4.39 Å². The molecule has 1 aromatic carbocycles. The highest BCUT2D eigenvalue weighted by atomic mass is 19.1. The van der Waals surface area contributed by atoms with E-state index in [9.17, 15) is 9.18 Å². The zero-order valence-corrected chi connectivity index (χ0v) is 17.3. The van der Waals surface area contributed by atoms with Gasteiger partial charge in [-0.15, -0.1) is 0 Å². The summed E-state index contributed by atoms with van der Waals surface area (Å²) >= 11 is 0. The SMILES string of the molecule is CC1(C)[C@H](Cc2cc(CN3CCCCC3)on2)C[C@@H]1NC(=O)c1cccc(F)c1. The van der Waals surface area contributed by atoms with Crippen LogP contribution < -0.4 is 5.32 Å². The highest BCUT2D eigenvalue weighted by Gasteiger charge is 2.48. The third-order valence-electron chi connectivity index (χ3n) is 6.75. The van der Waals surface area contributed by atoms with Gasteiger partial charge in [0.25, 0.3) is 5.91 Å². The van der Waals surface area contributed by atoms with E-state index in [1.165, 1.54) is 31.4 Å². The zero-order chi connectivity index (χ0) is 20.4. The second kappa shape index (κ2) is 8.27. The maximum absolute atomic E-state index is 13.4. The van der Waals surface area contributed by atoms with Crippen molar-refractivity contribution >= 4 is 5.91 Å². The third kappa shape index (κ3) is 4.53. The Balaban J connectivity index is 1.30. The van der Waals surface area contributed by atoms with Crippen molar-refractivity contribution < 1.29 is 13.7 Å². The molecule has 6 heteroatoms. The molecule has 0 unspecified atom stereocenters. The number of nitrogens with one attached hydrogen (secondary N) is 1. The Labute approximate surface area is 171 Å². The highest BCUT2D eigenvalue weighted by molar-refractivity contribution is 5.94. The molecule has 1 saturated carbocycles. The minimum Gasteiger partial charge on any atom is -0.360 e. The van der Waals surface area contributed by atoms with E-state index in [4.69, 9.17) is 4.52 Å². The summed E-state index contributed by atoms with van der Waals surface area (Å²) in [6.07, 6.45) is 5.59. The molecular weight excluding hydrogens is 369 g/mol. The Bertz CT molecular complexity index is 857. The molecule has 2 heterocycles. The van der Waals surface area contributed by atoms with Crippen molar-refractivity contribution in [1.82, 2.24) is 15.4 Å². The molecule has 2 atom stereocenters. The highest BCUT2D eigenvalue weighted by Crippen LogP contribution is 2.47. The third-order valence-corrected chi connectivity index (χ3v) is 6.75. The van der Waals surface area contributed by atoms with Crippen molar-refractivity contribution in [3.8, 4) is 0 Å². The van der Waals surface area contributed by atoms with Crippen LogP contribution in [0.1, 0.15) is 61.3 Å². The number of aromatic nitrogens is 1. The van der Waals surface area contributed by atoms with Crippen LogP contribution in [0.15, 0.2) is 34.9 Å². The van der Waals surface area contributed by atoms with Crippen molar-refractivity contribution in [2.24, 2.45) is 11.3 Å². The van der Waals surface area contributed by atoms with Gasteiger partial charge in [-0.05, 0) is 68.3 Å². The Morgan fingerprint density at radius 3 is 2.79 bits per heavy atom. The predicted octanol–water partition coefficient (Wildman–Crippen LogP) is 4.19. The van der Waals surface area contributed by atoms with E-state index < -0.39 is 5.82 Å². The number of benzene rings is 1. The predicted molar refractivity (Wildman–Crippen MR) is 109 cm³/mol. The van der Waals surface area contributed by atoms with Gasteiger partial charge in [-0.25, -0.2) is 4.39 Å². The number of amides is 1. The van der Waals surface area contributed by atoms with Gasteiger partial charge in [0.05, 0.1) is 12.2 Å². The van der Waals surface area contributed by atoms with Gasteiger partial charge in [-0.2, -0.15) is 0 Å². The zero-order valence-electron chi connectivity index (χ0n) is 17.3. The maximum Gasteiger partial charge on any atom is 0.251 e. The number of hydrogen-bond donors (Lipinski definition) is 1. The fourth-order valence-corrected chi connectivity index (χ4v) is 4.60. The number of halogens is 1. The first kappa shape index (κ1) is 20.1. The molecule has 1 aromatic heterocycles. The van der Waals surface area contributed by atoms with Crippen LogP contribution in [0.25, 0.3) is 0 Å². The van der Waals surface area contributed by atoms with Gasteiger partial charge in [0.1, 0.15) is 5.82 Å². The van der Waals surface area contributed by atoms with Crippen LogP contribution >= 0.6 is 0 Å². The summed E-state index contributed by atoms with van der Waals surface area (Å²) in [6.45, 7) is 7.46. The molecule has 0 bridgehead atoms. The molecule has 2 aliphatic rings. The summed E-state index contributed by atoms with van der Waals surface area (Å²) in [5.74, 6) is 0.754. The number of carbonyl (C=O) groups excluding carboxylic acids is 1.